The Morgan fingerprint density at radius 3 is 2.11 bits per heavy atom. The number of halogens is 6. The molecule has 9 nitrogen and oxygen atoms in total. The number of nitrogens with zero attached hydrogens (tertiary/aromatic N) is 4. The number of amides is 2. The van der Waals surface area contributed by atoms with Gasteiger partial charge in [0.25, 0.3) is 0 Å². The number of benzene rings is 3. The standard InChI is InChI=1S/C25H25F3N2O2.C22H26F3N3O2S/c1-3-24(31)30-15-19-13-22(18-8-10-20(11-9-18)32-25(26,27)28)16(2)21(23(19)14-29)12-7-17-5-4-6-17;1-6-14(3)18(12-28(5)19(29)7-2)27-21-20(26-13-31-21)15(4)16-8-10-17(11-9-16)30-22(23,24)25/h3,8-11,13,17H,1,4-7,12,15H2,2H3,(H,30,31);8-11,13H,6-7,12H2,1-5H3/b;18-14?,20-15-,27-21?. The van der Waals surface area contributed by atoms with Crippen molar-refractivity contribution in [1.82, 2.24) is 10.2 Å². The first-order chi connectivity index (χ1) is 29.8. The lowest BCUT2D eigenvalue weighted by Gasteiger charge is -2.26. The SMILES string of the molecule is C=CC(=O)NCc1cc(-c2ccc(OC(F)(F)F)cc2)c(C)c(CCC2CCC2)c1C#N.CCC(=O)N(C)CC(N=C1SC=N/C1=C(/C)c1ccc(OC(F)(F)F)cc1)=C(C)CC. The van der Waals surface area contributed by atoms with Crippen LogP contribution in [-0.4, -0.2) is 53.6 Å². The van der Waals surface area contributed by atoms with Crippen LogP contribution in [0.5, 0.6) is 11.5 Å². The molecule has 1 heterocycles. The summed E-state index contributed by atoms with van der Waals surface area (Å²) in [5.74, 6) is -0.228. The fourth-order valence-electron chi connectivity index (χ4n) is 6.81. The number of aliphatic imine (C=N–C) groups is 2. The van der Waals surface area contributed by atoms with Crippen molar-refractivity contribution in [3.05, 3.63) is 112 Å². The van der Waals surface area contributed by atoms with Crippen LogP contribution in [0.4, 0.5) is 26.3 Å². The van der Waals surface area contributed by atoms with Crippen molar-refractivity contribution in [3.8, 4) is 28.7 Å². The summed E-state index contributed by atoms with van der Waals surface area (Å²) in [6, 6.07) is 15.5. The number of thioether (sulfide) groups is 1. The number of nitrogens with one attached hydrogen (secondary N) is 1. The quantitative estimate of drug-likeness (QED) is 0.120. The molecule has 0 bridgehead atoms. The highest BCUT2D eigenvalue weighted by Crippen LogP contribution is 2.37. The van der Waals surface area contributed by atoms with Gasteiger partial charge in [-0.25, -0.2) is 9.98 Å². The van der Waals surface area contributed by atoms with E-state index in [4.69, 9.17) is 4.99 Å². The van der Waals surface area contributed by atoms with Gasteiger partial charge in [-0.05, 0) is 121 Å². The number of carbonyl (C=O) groups is 2. The highest BCUT2D eigenvalue weighted by atomic mass is 32.2. The number of allylic oxidation sites excluding steroid dienone is 2. The highest BCUT2D eigenvalue weighted by molar-refractivity contribution is 8.26. The first-order valence-corrected chi connectivity index (χ1v) is 21.2. The second kappa shape index (κ2) is 22.5. The van der Waals surface area contributed by atoms with Crippen molar-refractivity contribution in [2.24, 2.45) is 15.9 Å². The van der Waals surface area contributed by atoms with E-state index in [-0.39, 0.29) is 29.9 Å². The summed E-state index contributed by atoms with van der Waals surface area (Å²) in [6.07, 6.45) is -1.75. The van der Waals surface area contributed by atoms with E-state index in [0.29, 0.717) is 51.9 Å². The Morgan fingerprint density at radius 1 is 1.00 bits per heavy atom. The summed E-state index contributed by atoms with van der Waals surface area (Å²) < 4.78 is 82.5. The molecule has 1 fully saturated rings. The average Bonchev–Trinajstić information content (AvgIpc) is 3.69. The minimum Gasteiger partial charge on any atom is -0.406 e. The molecule has 336 valence electrons. The van der Waals surface area contributed by atoms with Crippen molar-refractivity contribution in [3.63, 3.8) is 0 Å². The molecule has 3 aromatic rings. The lowest BCUT2D eigenvalue weighted by Crippen LogP contribution is -2.28. The van der Waals surface area contributed by atoms with Crippen LogP contribution < -0.4 is 14.8 Å². The van der Waals surface area contributed by atoms with Gasteiger partial charge in [0.05, 0.1) is 35.1 Å². The van der Waals surface area contributed by atoms with Crippen LogP contribution in [0.1, 0.15) is 94.0 Å². The van der Waals surface area contributed by atoms with Gasteiger partial charge in [-0.15, -0.1) is 26.3 Å². The first-order valence-electron chi connectivity index (χ1n) is 20.4. The summed E-state index contributed by atoms with van der Waals surface area (Å²) in [6.45, 7) is 13.6. The maximum absolute atomic E-state index is 12.5. The third kappa shape index (κ3) is 14.6. The van der Waals surface area contributed by atoms with Crippen molar-refractivity contribution >= 4 is 39.7 Å². The van der Waals surface area contributed by atoms with Gasteiger partial charge in [0, 0.05) is 20.0 Å². The molecule has 63 heavy (non-hydrogen) atoms. The molecule has 2 aliphatic rings. The highest BCUT2D eigenvalue weighted by Gasteiger charge is 2.32. The fraction of sp³-hybridized carbons (Fsp3) is 0.383. The predicted octanol–water partition coefficient (Wildman–Crippen LogP) is 12.0. The maximum Gasteiger partial charge on any atom is 0.573 e. The Bertz CT molecular complexity index is 2290. The Labute approximate surface area is 368 Å². The molecule has 0 aromatic heterocycles. The van der Waals surface area contributed by atoms with E-state index < -0.39 is 12.7 Å². The molecule has 0 radical (unpaired) electrons. The number of hydrogen-bond acceptors (Lipinski definition) is 8. The molecule has 3 aromatic carbocycles. The van der Waals surface area contributed by atoms with E-state index in [1.807, 2.05) is 40.7 Å². The molecule has 1 saturated carbocycles. The first kappa shape index (κ1) is 49.8. The molecule has 2 amide bonds. The largest absolute Gasteiger partial charge is 0.573 e. The Balaban J connectivity index is 0.000000277. The fourth-order valence-corrected chi connectivity index (χ4v) is 7.54. The topological polar surface area (TPSA) is 116 Å². The third-order valence-corrected chi connectivity index (χ3v) is 11.5. The Hall–Kier alpha value is -5.82. The van der Waals surface area contributed by atoms with E-state index in [1.165, 1.54) is 55.3 Å². The number of rotatable bonds is 15. The normalized spacial score (nSPS) is 15.6. The minimum atomic E-state index is -4.75. The summed E-state index contributed by atoms with van der Waals surface area (Å²) in [7, 11) is 1.75. The molecular weight excluding hydrogens is 845 g/mol. The zero-order valence-electron chi connectivity index (χ0n) is 36.1. The van der Waals surface area contributed by atoms with Gasteiger partial charge in [0.1, 0.15) is 16.5 Å². The number of hydrogen-bond donors (Lipinski definition) is 1. The molecule has 5 rings (SSSR count). The van der Waals surface area contributed by atoms with Crippen LogP contribution in [0.15, 0.2) is 94.2 Å². The monoisotopic (exact) mass is 895 g/mol. The van der Waals surface area contributed by atoms with Crippen LogP contribution in [0, 0.1) is 24.2 Å². The predicted molar refractivity (Wildman–Crippen MR) is 236 cm³/mol. The lowest BCUT2D eigenvalue weighted by atomic mass is 9.79. The van der Waals surface area contributed by atoms with Crippen molar-refractivity contribution in [2.75, 3.05) is 13.6 Å². The van der Waals surface area contributed by atoms with Crippen LogP contribution in [0.25, 0.3) is 16.7 Å². The summed E-state index contributed by atoms with van der Waals surface area (Å²) in [5, 5.41) is 13.3. The number of nitriles is 1. The van der Waals surface area contributed by atoms with E-state index >= 15 is 0 Å². The Kier molecular flexibility index (Phi) is 17.8. The minimum absolute atomic E-state index is 0.0324. The Morgan fingerprint density at radius 2 is 1.60 bits per heavy atom. The molecular formula is C47H51F6N5O4S. The number of likely N-dealkylation sites (N-methyl/N-ethyl adjacent to an activating group) is 1. The lowest BCUT2D eigenvalue weighted by molar-refractivity contribution is -0.275. The van der Waals surface area contributed by atoms with Gasteiger partial charge in [-0.1, -0.05) is 81.3 Å². The molecule has 1 aliphatic carbocycles. The second-order valence-corrected chi connectivity index (χ2v) is 15.8. The number of carbonyl (C=O) groups excluding carboxylic acids is 2. The van der Waals surface area contributed by atoms with E-state index in [9.17, 15) is 41.2 Å². The van der Waals surface area contributed by atoms with Gasteiger partial charge in [0.15, 0.2) is 0 Å². The van der Waals surface area contributed by atoms with Crippen LogP contribution in [0.2, 0.25) is 0 Å². The van der Waals surface area contributed by atoms with Crippen molar-refractivity contribution in [2.45, 2.75) is 98.8 Å². The summed E-state index contributed by atoms with van der Waals surface area (Å²) >= 11 is 1.37. The van der Waals surface area contributed by atoms with Crippen LogP contribution >= 0.6 is 11.8 Å². The molecule has 16 heteroatoms. The molecule has 1 aliphatic heterocycles. The maximum atomic E-state index is 12.5. The zero-order valence-corrected chi connectivity index (χ0v) is 36.9. The van der Waals surface area contributed by atoms with Crippen molar-refractivity contribution < 1.29 is 45.4 Å². The molecule has 0 atom stereocenters. The van der Waals surface area contributed by atoms with Gasteiger partial charge in [-0.2, -0.15) is 5.26 Å². The summed E-state index contributed by atoms with van der Waals surface area (Å²) in [5.41, 5.74) is 10.3. The third-order valence-electron chi connectivity index (χ3n) is 10.8. The van der Waals surface area contributed by atoms with Crippen LogP contribution in [-0.2, 0) is 22.6 Å². The van der Waals surface area contributed by atoms with Gasteiger partial charge in [0.2, 0.25) is 11.8 Å². The van der Waals surface area contributed by atoms with Crippen LogP contribution in [0.3, 0.4) is 0 Å². The summed E-state index contributed by atoms with van der Waals surface area (Å²) in [4.78, 5) is 34.6. The molecule has 0 saturated heterocycles. The smallest absolute Gasteiger partial charge is 0.406 e. The van der Waals surface area contributed by atoms with Gasteiger partial charge in [-0.3, -0.25) is 9.59 Å². The molecule has 0 unspecified atom stereocenters. The zero-order chi connectivity index (χ0) is 46.5. The molecule has 0 spiro atoms. The van der Waals surface area contributed by atoms with Gasteiger partial charge < -0.3 is 19.7 Å². The second-order valence-electron chi connectivity index (χ2n) is 15.0. The van der Waals surface area contributed by atoms with Gasteiger partial charge >= 0.3 is 12.7 Å². The number of ether oxygens (including phenoxy) is 2. The van der Waals surface area contributed by atoms with E-state index in [2.05, 4.69) is 32.4 Å². The van der Waals surface area contributed by atoms with E-state index in [0.717, 1.165) is 58.9 Å². The van der Waals surface area contributed by atoms with Crippen molar-refractivity contribution in [1.29, 1.82) is 5.26 Å². The number of alkyl halides is 6. The van der Waals surface area contributed by atoms with E-state index in [1.54, 1.807) is 41.8 Å². The molecule has 1 N–H and O–H groups in total. The average molecular weight is 896 g/mol.